The molecule has 2 atom stereocenters. The number of nitrogen functional groups attached to an aromatic ring is 1. The summed E-state index contributed by atoms with van der Waals surface area (Å²) in [6, 6.07) is 4.88. The van der Waals surface area contributed by atoms with Gasteiger partial charge in [-0.15, -0.1) is 23.1 Å². The number of thioether (sulfide) groups is 1. The number of amides is 2. The van der Waals surface area contributed by atoms with E-state index >= 15 is 0 Å². The average Bonchev–Trinajstić information content (AvgIpc) is 3.41. The van der Waals surface area contributed by atoms with Gasteiger partial charge in [-0.05, 0) is 43.5 Å². The number of aliphatic carboxylic acids is 3. The number of fused-ring (bicyclic) bond motifs is 1. The number of carboxylic acid groups (broad SMARTS) is 4. The quantitative estimate of drug-likeness (QED) is 0.117. The fourth-order valence-corrected chi connectivity index (χ4v) is 5.73. The van der Waals surface area contributed by atoms with Gasteiger partial charge < -0.3 is 36.3 Å². The Hall–Kier alpha value is -5.18. The van der Waals surface area contributed by atoms with Gasteiger partial charge in [-0.2, -0.15) is 13.2 Å². The van der Waals surface area contributed by atoms with E-state index in [0.717, 1.165) is 16.2 Å². The topological polar surface area (TPSA) is 259 Å². The predicted octanol–water partition coefficient (Wildman–Crippen LogP) is 1.62. The molecule has 1 aromatic carbocycles. The monoisotopic (exact) mass is 703 g/mol. The molecule has 3 heterocycles. The minimum atomic E-state index is -5.08. The zero-order valence-corrected chi connectivity index (χ0v) is 25.6. The van der Waals surface area contributed by atoms with Crippen LogP contribution in [0.2, 0.25) is 0 Å². The van der Waals surface area contributed by atoms with Crippen LogP contribution in [0.1, 0.15) is 35.5 Å². The van der Waals surface area contributed by atoms with Gasteiger partial charge in [0, 0.05) is 11.1 Å². The van der Waals surface area contributed by atoms with Crippen molar-refractivity contribution in [1.29, 1.82) is 0 Å². The van der Waals surface area contributed by atoms with Gasteiger partial charge in [0.05, 0.1) is 5.56 Å². The van der Waals surface area contributed by atoms with Crippen molar-refractivity contribution in [3.63, 3.8) is 0 Å². The lowest BCUT2D eigenvalue weighted by Crippen LogP contribution is -2.71. The fourth-order valence-electron chi connectivity index (χ4n) is 3.84. The second-order valence-electron chi connectivity index (χ2n) is 10.0. The van der Waals surface area contributed by atoms with E-state index in [9.17, 15) is 47.4 Å². The highest BCUT2D eigenvalue weighted by molar-refractivity contribution is 8.00. The van der Waals surface area contributed by atoms with E-state index in [2.05, 4.69) is 15.5 Å². The number of hydrogen-bond donors (Lipinski definition) is 6. The molecule has 0 bridgehead atoms. The Morgan fingerprint density at radius 3 is 2.13 bits per heavy atom. The Morgan fingerprint density at radius 1 is 1.06 bits per heavy atom. The Bertz CT molecular complexity index is 1670. The summed E-state index contributed by atoms with van der Waals surface area (Å²) in [5.74, 6) is -7.81. The van der Waals surface area contributed by atoms with E-state index in [-0.39, 0.29) is 34.3 Å². The Labute approximate surface area is 269 Å². The van der Waals surface area contributed by atoms with E-state index < -0.39 is 64.6 Å². The van der Waals surface area contributed by atoms with Crippen molar-refractivity contribution in [3.8, 4) is 0 Å². The number of carbonyl (C=O) groups is 6. The number of nitrogens with zero attached hydrogens (tertiary/aromatic N) is 3. The number of nitrogens with one attached hydrogen (secondary N) is 1. The van der Waals surface area contributed by atoms with Gasteiger partial charge in [0.2, 0.25) is 5.60 Å². The molecule has 0 saturated carbocycles. The SMILES string of the molecule is CC(C)(O/N=C(\C(=O)N[C@@H]1C(=O)N2C(C(=O)O)=C(Cc3ccc(C(=O)O)cc3)CS[C@H]12)c1csc(N)n1)C(=O)O.O=C(O)C(F)(F)F. The number of aromatic nitrogens is 1. The second-order valence-corrected chi connectivity index (χ2v) is 12.0. The molecule has 7 N–H and O–H groups in total. The molecule has 2 amide bonds. The number of carboxylic acids is 4. The maximum Gasteiger partial charge on any atom is 0.490 e. The highest BCUT2D eigenvalue weighted by Crippen LogP contribution is 2.41. The molecule has 0 radical (unpaired) electrons. The van der Waals surface area contributed by atoms with Crippen LogP contribution in [0.4, 0.5) is 18.3 Å². The van der Waals surface area contributed by atoms with Crippen LogP contribution in [0.3, 0.4) is 0 Å². The summed E-state index contributed by atoms with van der Waals surface area (Å²) in [5.41, 5.74) is 4.50. The molecule has 4 rings (SSSR count). The number of anilines is 1. The van der Waals surface area contributed by atoms with E-state index in [1.807, 2.05) is 0 Å². The van der Waals surface area contributed by atoms with Crippen molar-refractivity contribution in [3.05, 3.63) is 57.7 Å². The minimum absolute atomic E-state index is 0.00318. The summed E-state index contributed by atoms with van der Waals surface area (Å²) in [5, 5.41) is 42.4. The van der Waals surface area contributed by atoms with Crippen LogP contribution in [0.5, 0.6) is 0 Å². The largest absolute Gasteiger partial charge is 0.490 e. The van der Waals surface area contributed by atoms with Crippen LogP contribution in [-0.2, 0) is 35.2 Å². The van der Waals surface area contributed by atoms with Gasteiger partial charge >= 0.3 is 30.1 Å². The molecular weight excluding hydrogens is 679 g/mol. The van der Waals surface area contributed by atoms with Crippen LogP contribution in [-0.4, -0.2) is 101 Å². The van der Waals surface area contributed by atoms with Crippen LogP contribution in [0, 0.1) is 0 Å². The number of nitrogens with two attached hydrogens (primary N) is 1. The smallest absolute Gasteiger partial charge is 0.478 e. The van der Waals surface area contributed by atoms with Crippen LogP contribution in [0.15, 0.2) is 46.1 Å². The number of carbonyl (C=O) groups excluding carboxylic acids is 2. The van der Waals surface area contributed by atoms with Crippen molar-refractivity contribution in [2.75, 3.05) is 11.5 Å². The van der Waals surface area contributed by atoms with Gasteiger partial charge in [0.25, 0.3) is 11.8 Å². The molecule has 0 aliphatic carbocycles. The summed E-state index contributed by atoms with van der Waals surface area (Å²) < 4.78 is 31.7. The number of β-lactam (4-membered cyclic amide) rings is 1. The van der Waals surface area contributed by atoms with Crippen molar-refractivity contribution in [2.45, 2.75) is 43.5 Å². The van der Waals surface area contributed by atoms with Gasteiger partial charge in [-0.3, -0.25) is 14.5 Å². The summed E-state index contributed by atoms with van der Waals surface area (Å²) in [4.78, 5) is 80.0. The van der Waals surface area contributed by atoms with E-state index in [1.165, 1.54) is 43.1 Å². The van der Waals surface area contributed by atoms with Crippen LogP contribution < -0.4 is 11.1 Å². The summed E-state index contributed by atoms with van der Waals surface area (Å²) >= 11 is 2.26. The Balaban J connectivity index is 0.000000771. The van der Waals surface area contributed by atoms with E-state index in [0.29, 0.717) is 11.1 Å². The summed E-state index contributed by atoms with van der Waals surface area (Å²) in [6.07, 6.45) is -4.90. The van der Waals surface area contributed by atoms with Crippen molar-refractivity contribution >= 4 is 69.6 Å². The third kappa shape index (κ3) is 8.55. The van der Waals surface area contributed by atoms with E-state index in [4.69, 9.17) is 25.6 Å². The normalized spacial score (nSPS) is 17.9. The second kappa shape index (κ2) is 14.1. The number of halogens is 3. The lowest BCUT2D eigenvalue weighted by atomic mass is 9.98. The number of aromatic carboxylic acids is 1. The number of thiazole rings is 1. The molecule has 16 nitrogen and oxygen atoms in total. The molecule has 252 valence electrons. The number of oxime groups is 1. The first-order valence-corrected chi connectivity index (χ1v) is 14.7. The maximum atomic E-state index is 13.2. The average molecular weight is 704 g/mol. The highest BCUT2D eigenvalue weighted by Gasteiger charge is 2.54. The molecule has 21 heteroatoms. The highest BCUT2D eigenvalue weighted by atomic mass is 32.2. The molecule has 0 unspecified atom stereocenters. The van der Waals surface area contributed by atoms with Crippen molar-refractivity contribution in [1.82, 2.24) is 15.2 Å². The predicted molar refractivity (Wildman–Crippen MR) is 156 cm³/mol. The lowest BCUT2D eigenvalue weighted by Gasteiger charge is -2.49. The molecule has 2 aliphatic rings. The van der Waals surface area contributed by atoms with Gasteiger partial charge in [0.1, 0.15) is 22.8 Å². The van der Waals surface area contributed by atoms with E-state index in [1.54, 1.807) is 12.1 Å². The molecule has 1 saturated heterocycles. The van der Waals surface area contributed by atoms with Crippen molar-refractivity contribution in [2.24, 2.45) is 5.16 Å². The third-order valence-corrected chi connectivity index (χ3v) is 8.27. The van der Waals surface area contributed by atoms with Gasteiger partial charge in [-0.25, -0.2) is 24.2 Å². The van der Waals surface area contributed by atoms with Crippen LogP contribution >= 0.6 is 23.1 Å². The fraction of sp³-hybridized carbons (Fsp3) is 0.308. The number of rotatable bonds is 10. The number of benzene rings is 1. The maximum absolute atomic E-state index is 13.2. The molecule has 47 heavy (non-hydrogen) atoms. The third-order valence-electron chi connectivity index (χ3n) is 6.26. The molecule has 2 aliphatic heterocycles. The zero-order valence-electron chi connectivity index (χ0n) is 24.0. The summed E-state index contributed by atoms with van der Waals surface area (Å²) in [6.45, 7) is 2.46. The lowest BCUT2D eigenvalue weighted by molar-refractivity contribution is -0.192. The molecule has 1 aromatic heterocycles. The van der Waals surface area contributed by atoms with Gasteiger partial charge in [-0.1, -0.05) is 17.3 Å². The minimum Gasteiger partial charge on any atom is -0.478 e. The Kier molecular flexibility index (Phi) is 10.9. The first kappa shape index (κ1) is 36.3. The first-order chi connectivity index (χ1) is 21.7. The number of hydrogen-bond acceptors (Lipinski definition) is 12. The number of alkyl halides is 3. The molecule has 2 aromatic rings. The Morgan fingerprint density at radius 2 is 1.66 bits per heavy atom. The molecule has 1 fully saturated rings. The van der Waals surface area contributed by atoms with Crippen LogP contribution in [0.25, 0.3) is 0 Å². The first-order valence-electron chi connectivity index (χ1n) is 12.8. The molecular formula is C26H24F3N5O11S2. The molecule has 0 spiro atoms. The van der Waals surface area contributed by atoms with Gasteiger partial charge in [0.15, 0.2) is 10.8 Å². The zero-order chi connectivity index (χ0) is 35.4. The standard InChI is InChI=1S/C24H23N5O9S2.C2HF3O2/c1-24(2,22(36)37)38-28-14(13-9-40-23(25)26-13)17(30)27-15-18(31)29-16(21(34)35)12(8-39-19(15)29)7-10-3-5-11(6-4-10)20(32)33;3-2(4,5)1(6)7/h3-6,9,15,19H,7-8H2,1-2H3,(H2,25,26)(H,27,30)(H,32,33)(H,34,35)(H,36,37);(H,6,7)/b28-14-;/t15-,19-;/m1./s1. The summed E-state index contributed by atoms with van der Waals surface area (Å²) in [7, 11) is 0. The van der Waals surface area contributed by atoms with Crippen molar-refractivity contribution < 1.29 is 67.2 Å².